The first-order valence-corrected chi connectivity index (χ1v) is 9.75. The van der Waals surface area contributed by atoms with Crippen LogP contribution in [0.25, 0.3) is 10.9 Å². The molecule has 1 heterocycles. The van der Waals surface area contributed by atoms with E-state index in [0.29, 0.717) is 6.07 Å². The van der Waals surface area contributed by atoms with Crippen LogP contribution in [0.5, 0.6) is 0 Å². The van der Waals surface area contributed by atoms with E-state index in [-0.39, 0.29) is 22.5 Å². The van der Waals surface area contributed by atoms with E-state index in [1.165, 1.54) is 24.3 Å². The van der Waals surface area contributed by atoms with Crippen LogP contribution in [0.2, 0.25) is 0 Å². The largest absolute Gasteiger partial charge is 0.798 e. The van der Waals surface area contributed by atoms with Gasteiger partial charge in [-0.1, -0.05) is 40.5 Å². The average molecular weight is 415 g/mol. The van der Waals surface area contributed by atoms with Gasteiger partial charge in [0.1, 0.15) is 5.56 Å². The Morgan fingerprint density at radius 1 is 1.21 bits per heavy atom. The lowest BCUT2D eigenvalue weighted by Gasteiger charge is -2.15. The molecule has 1 aromatic carbocycles. The van der Waals surface area contributed by atoms with E-state index >= 15 is 0 Å². The van der Waals surface area contributed by atoms with Gasteiger partial charge in [-0.05, 0) is 25.8 Å². The maximum Gasteiger partial charge on any atom is 0.798 e. The first-order valence-electron chi connectivity index (χ1n) is 9.75. The lowest BCUT2D eigenvalue weighted by molar-refractivity contribution is 0.0693. The fourth-order valence-corrected chi connectivity index (χ4v) is 2.59. The minimum atomic E-state index is -3.38. The van der Waals surface area contributed by atoms with Crippen molar-refractivity contribution in [1.29, 1.82) is 0 Å². The lowest BCUT2D eigenvalue weighted by Crippen LogP contribution is -2.24. The third-order valence-electron chi connectivity index (χ3n) is 4.29. The fraction of sp³-hybridized carbons (Fsp3) is 0.500. The minimum absolute atomic E-state index is 0.0715. The van der Waals surface area contributed by atoms with Crippen LogP contribution >= 0.6 is 0 Å². The first kappa shape index (κ1) is 24.7. The second kappa shape index (κ2) is 11.0. The van der Waals surface area contributed by atoms with Gasteiger partial charge in [-0.25, -0.2) is 22.2 Å². The second-order valence-electron chi connectivity index (χ2n) is 6.37. The summed E-state index contributed by atoms with van der Waals surface area (Å²) in [5, 5.41) is -0.239. The van der Waals surface area contributed by atoms with Gasteiger partial charge in [-0.2, -0.15) is 0 Å². The van der Waals surface area contributed by atoms with E-state index in [4.69, 9.17) is 0 Å². The zero-order valence-electron chi connectivity index (χ0n) is 17.3. The van der Waals surface area contributed by atoms with Gasteiger partial charge in [0.05, 0.1) is 5.52 Å². The summed E-state index contributed by atoms with van der Waals surface area (Å²) in [5.74, 6) is -3.83. The van der Waals surface area contributed by atoms with E-state index in [1.807, 2.05) is 13.8 Å². The molecule has 9 heteroatoms. The quantitative estimate of drug-likeness (QED) is 0.466. The molecule has 0 saturated heterocycles. The first-order chi connectivity index (χ1) is 13.7. The molecule has 0 bridgehead atoms. The maximum atomic E-state index is 13.8. The molecule has 1 aliphatic rings. The smallest absolute Gasteiger partial charge is 0.474 e. The van der Waals surface area contributed by atoms with E-state index in [2.05, 4.69) is 18.5 Å². The molecule has 29 heavy (non-hydrogen) atoms. The summed E-state index contributed by atoms with van der Waals surface area (Å²) in [5.41, 5.74) is -1.51. The number of rotatable bonds is 4. The van der Waals surface area contributed by atoms with Crippen molar-refractivity contribution < 1.29 is 26.9 Å². The molecule has 1 aromatic heterocycles. The van der Waals surface area contributed by atoms with Gasteiger partial charge in [-0.15, -0.1) is 0 Å². The van der Waals surface area contributed by atoms with Crippen molar-refractivity contribution in [3.05, 3.63) is 45.2 Å². The number of pyridine rings is 1. The number of nitrogens with zero attached hydrogens (tertiary/aromatic N) is 1. The number of fused-ring (bicyclic) bond motifs is 1. The number of carbonyl (C=O) groups excluding carboxylic acids is 1. The van der Waals surface area contributed by atoms with Gasteiger partial charge >= 0.3 is 13.4 Å². The average Bonchev–Trinajstić information content (AvgIpc) is 3.53. The van der Waals surface area contributed by atoms with Crippen molar-refractivity contribution >= 4 is 24.3 Å². The lowest BCUT2D eigenvalue weighted by atomic mass is 10.1. The molecule has 0 spiro atoms. The predicted octanol–water partition coefficient (Wildman–Crippen LogP) is 5.84. The highest BCUT2D eigenvalue weighted by molar-refractivity contribution is 6.38. The van der Waals surface area contributed by atoms with E-state index in [0.717, 1.165) is 19.0 Å². The molecule has 4 nitrogen and oxygen atoms in total. The van der Waals surface area contributed by atoms with Crippen LogP contribution in [0, 0.1) is 18.6 Å². The summed E-state index contributed by atoms with van der Waals surface area (Å²) in [6, 6.07) is 0.581. The summed E-state index contributed by atoms with van der Waals surface area (Å²) in [4.78, 5) is 24.0. The SMILES string of the molecule is CC.CCCC.Cc1c(F)c(F)cc2c(=O)c(C(=O)OB(F)F)cn(C3CC3)c12. The molecule has 160 valence electrons. The zero-order valence-corrected chi connectivity index (χ0v) is 17.3. The molecule has 3 rings (SSSR count). The summed E-state index contributed by atoms with van der Waals surface area (Å²) >= 11 is 0. The molecular formula is C20H26BF4NO3. The van der Waals surface area contributed by atoms with Crippen molar-refractivity contribution in [2.24, 2.45) is 0 Å². The Balaban J connectivity index is 0.000000627. The van der Waals surface area contributed by atoms with Crippen LogP contribution < -0.4 is 5.43 Å². The van der Waals surface area contributed by atoms with Crippen LogP contribution in [0.1, 0.15) is 75.3 Å². The van der Waals surface area contributed by atoms with E-state index in [1.54, 1.807) is 0 Å². The monoisotopic (exact) mass is 415 g/mol. The Morgan fingerprint density at radius 2 is 1.76 bits per heavy atom. The molecule has 1 fully saturated rings. The Hall–Kier alpha value is -2.32. The number of hydrogen-bond donors (Lipinski definition) is 0. The van der Waals surface area contributed by atoms with Crippen molar-refractivity contribution in [3.8, 4) is 0 Å². The topological polar surface area (TPSA) is 48.3 Å². The van der Waals surface area contributed by atoms with Gasteiger partial charge in [0.15, 0.2) is 11.6 Å². The van der Waals surface area contributed by atoms with Crippen LogP contribution in [-0.2, 0) is 4.65 Å². The summed E-state index contributed by atoms with van der Waals surface area (Å²) < 4.78 is 57.0. The standard InChI is InChI=1S/C14H10BF4NO3.C4H10.C2H6/c1-6-11(17)10(16)4-8-12(6)20(7-2-3-7)5-9(13(8)21)14(22)23-15(18)19;1-3-4-2;1-2/h4-5,7H,2-3H2,1H3;3-4H2,1-2H3;1-2H3. The second-order valence-corrected chi connectivity index (χ2v) is 6.37. The number of unbranched alkanes of at least 4 members (excludes halogenated alkanes) is 1. The number of halogens is 4. The number of benzene rings is 1. The fourth-order valence-electron chi connectivity index (χ4n) is 2.59. The Bertz CT molecular complexity index is 909. The molecular weight excluding hydrogens is 389 g/mol. The Morgan fingerprint density at radius 3 is 2.21 bits per heavy atom. The molecule has 0 aliphatic heterocycles. The highest BCUT2D eigenvalue weighted by Gasteiger charge is 2.31. The van der Waals surface area contributed by atoms with Crippen LogP contribution in [0.15, 0.2) is 17.1 Å². The molecule has 0 atom stereocenters. The third-order valence-corrected chi connectivity index (χ3v) is 4.29. The number of aromatic nitrogens is 1. The molecule has 0 radical (unpaired) electrons. The Kier molecular flexibility index (Phi) is 9.40. The predicted molar refractivity (Wildman–Crippen MR) is 106 cm³/mol. The molecule has 2 aromatic rings. The van der Waals surface area contributed by atoms with Crippen molar-refractivity contribution in [1.82, 2.24) is 4.57 Å². The summed E-state index contributed by atoms with van der Waals surface area (Å²) in [7, 11) is -3.38. The van der Waals surface area contributed by atoms with Crippen LogP contribution in [-0.4, -0.2) is 18.0 Å². The molecule has 0 N–H and O–H groups in total. The summed E-state index contributed by atoms with van der Waals surface area (Å²) in [6.45, 7) is 9.68. The Labute approximate surface area is 168 Å². The van der Waals surface area contributed by atoms with E-state index < -0.39 is 36.1 Å². The third kappa shape index (κ3) is 5.84. The highest BCUT2D eigenvalue weighted by Crippen LogP contribution is 2.38. The van der Waals surface area contributed by atoms with Crippen LogP contribution in [0.3, 0.4) is 0 Å². The minimum Gasteiger partial charge on any atom is -0.474 e. The van der Waals surface area contributed by atoms with Crippen molar-refractivity contribution in [2.45, 2.75) is 66.3 Å². The zero-order chi connectivity index (χ0) is 22.3. The number of carbonyl (C=O) groups is 1. The molecule has 0 amide bonds. The molecule has 1 saturated carbocycles. The molecule has 1 aliphatic carbocycles. The van der Waals surface area contributed by atoms with Gasteiger partial charge in [0.2, 0.25) is 5.43 Å². The van der Waals surface area contributed by atoms with Gasteiger partial charge in [0.25, 0.3) is 0 Å². The van der Waals surface area contributed by atoms with E-state index in [9.17, 15) is 27.0 Å². The molecule has 0 unspecified atom stereocenters. The number of aryl methyl sites for hydroxylation is 1. The van der Waals surface area contributed by atoms with Crippen LogP contribution in [0.4, 0.5) is 17.4 Å². The van der Waals surface area contributed by atoms with Gasteiger partial charge in [-0.3, -0.25) is 4.79 Å². The normalized spacial score (nSPS) is 12.4. The number of hydrogen-bond acceptors (Lipinski definition) is 3. The van der Waals surface area contributed by atoms with Crippen molar-refractivity contribution in [3.63, 3.8) is 0 Å². The van der Waals surface area contributed by atoms with Crippen molar-refractivity contribution in [2.75, 3.05) is 0 Å². The van der Waals surface area contributed by atoms with Gasteiger partial charge in [0, 0.05) is 23.2 Å². The maximum absolute atomic E-state index is 13.8. The highest BCUT2D eigenvalue weighted by atomic mass is 19.2. The summed E-state index contributed by atoms with van der Waals surface area (Å²) in [6.07, 6.45) is 5.16. The van der Waals surface area contributed by atoms with Gasteiger partial charge < -0.3 is 9.22 Å².